The zero-order valence-corrected chi connectivity index (χ0v) is 25.3. The number of urea groups is 1. The van der Waals surface area contributed by atoms with Crippen molar-refractivity contribution in [2.24, 2.45) is 5.73 Å². The van der Waals surface area contributed by atoms with Gasteiger partial charge in [-0.05, 0) is 67.3 Å². The van der Waals surface area contributed by atoms with Gasteiger partial charge in [0.25, 0.3) is 5.56 Å². The van der Waals surface area contributed by atoms with E-state index in [0.29, 0.717) is 22.4 Å². The number of benzene rings is 3. The van der Waals surface area contributed by atoms with Gasteiger partial charge in [-0.15, -0.1) is 0 Å². The number of aryl methyl sites for hydroxylation is 1. The second-order valence-corrected chi connectivity index (χ2v) is 13.1. The Morgan fingerprint density at radius 3 is 2.48 bits per heavy atom. The van der Waals surface area contributed by atoms with E-state index in [1.165, 1.54) is 29.2 Å². The van der Waals surface area contributed by atoms with E-state index in [1.807, 2.05) is 0 Å². The molecule has 0 aliphatic carbocycles. The van der Waals surface area contributed by atoms with Crippen molar-refractivity contribution in [3.8, 4) is 0 Å². The van der Waals surface area contributed by atoms with Gasteiger partial charge in [0.2, 0.25) is 0 Å². The number of H-pyrrole nitrogens is 1. The number of amides is 2. The summed E-state index contributed by atoms with van der Waals surface area (Å²) in [5.74, 6) is -2.03. The smallest absolute Gasteiger partial charge is 0.330 e. The largest absolute Gasteiger partial charge is 0.479 e. The summed E-state index contributed by atoms with van der Waals surface area (Å²) in [6, 6.07) is 9.81. The number of nitrogens with two attached hydrogens (primary N) is 1. The number of hydrogen-bond donors (Lipinski definition) is 5. The number of carboxylic acid groups (broad SMARTS) is 1. The highest BCUT2D eigenvalue weighted by Gasteiger charge is 2.24. The van der Waals surface area contributed by atoms with Crippen LogP contribution >= 0.6 is 0 Å². The highest BCUT2D eigenvalue weighted by Crippen LogP contribution is 2.27. The van der Waals surface area contributed by atoms with Gasteiger partial charge < -0.3 is 31.4 Å². The van der Waals surface area contributed by atoms with E-state index in [1.54, 1.807) is 46.0 Å². The third kappa shape index (κ3) is 6.71. The van der Waals surface area contributed by atoms with Crippen LogP contribution in [0.5, 0.6) is 0 Å². The molecule has 0 bridgehead atoms. The Kier molecular flexibility index (Phi) is 9.35. The SMILES string of the molecule is Cc1cc(C(Nc2cc3c(=O)[nH]cnc3cc2F)C(=O)O)ccc1CN(C)C(=O)Nc1ccc(S(=O)(=O)C(C)C)c(CN)c1. The molecule has 6 N–H and O–H groups in total. The van der Waals surface area contributed by atoms with E-state index in [9.17, 15) is 32.3 Å². The normalized spacial score (nSPS) is 12.2. The lowest BCUT2D eigenvalue weighted by Gasteiger charge is -2.22. The Hall–Kier alpha value is -4.82. The first-order chi connectivity index (χ1) is 20.7. The van der Waals surface area contributed by atoms with Crippen molar-refractivity contribution in [3.63, 3.8) is 0 Å². The lowest BCUT2D eigenvalue weighted by Crippen LogP contribution is -2.31. The van der Waals surface area contributed by atoms with Crippen molar-refractivity contribution in [1.82, 2.24) is 14.9 Å². The molecule has 3 aromatic carbocycles. The van der Waals surface area contributed by atoms with Crippen molar-refractivity contribution >= 4 is 44.1 Å². The second-order valence-electron chi connectivity index (χ2n) is 10.6. The number of hydrogen-bond acceptors (Lipinski definition) is 8. The number of aromatic amines is 1. The third-order valence-corrected chi connectivity index (χ3v) is 9.44. The van der Waals surface area contributed by atoms with Gasteiger partial charge in [0.15, 0.2) is 15.9 Å². The molecule has 0 aliphatic rings. The summed E-state index contributed by atoms with van der Waals surface area (Å²) in [6.45, 7) is 5.06. The van der Waals surface area contributed by atoms with Gasteiger partial charge >= 0.3 is 12.0 Å². The molecule has 1 atom stereocenters. The number of rotatable bonds is 10. The number of anilines is 2. The number of nitrogens with one attached hydrogen (secondary N) is 3. The molecular weight excluding hydrogens is 591 g/mol. The summed E-state index contributed by atoms with van der Waals surface area (Å²) >= 11 is 0. The fraction of sp³-hybridized carbons (Fsp3) is 0.267. The minimum absolute atomic E-state index is 0.0262. The number of carbonyl (C=O) groups is 2. The number of carbonyl (C=O) groups excluding carboxylic acids is 1. The van der Waals surface area contributed by atoms with Crippen molar-refractivity contribution in [2.75, 3.05) is 17.7 Å². The first-order valence-corrected chi connectivity index (χ1v) is 15.1. The highest BCUT2D eigenvalue weighted by atomic mass is 32.2. The van der Waals surface area contributed by atoms with Gasteiger partial charge in [-0.3, -0.25) is 4.79 Å². The number of carboxylic acids is 1. The van der Waals surface area contributed by atoms with Gasteiger partial charge in [0.1, 0.15) is 5.82 Å². The van der Waals surface area contributed by atoms with Crippen molar-refractivity contribution < 1.29 is 27.5 Å². The van der Waals surface area contributed by atoms with Crippen LogP contribution in [0, 0.1) is 12.7 Å². The summed E-state index contributed by atoms with van der Waals surface area (Å²) in [6.07, 6.45) is 1.15. The van der Waals surface area contributed by atoms with Crippen molar-refractivity contribution in [2.45, 2.75) is 50.0 Å². The van der Waals surface area contributed by atoms with Gasteiger partial charge in [-0.25, -0.2) is 27.4 Å². The van der Waals surface area contributed by atoms with Gasteiger partial charge in [-0.1, -0.05) is 18.2 Å². The molecule has 232 valence electrons. The average molecular weight is 625 g/mol. The standard InChI is InChI=1S/C30H33FN6O6S/c1-16(2)44(42,43)26-8-7-21(10-20(26)13-32)35-30(41)37(4)14-19-6-5-18(9-17(19)3)27(29(39)40)36-25-11-22-24(12-23(25)31)33-15-34-28(22)38/h5-12,15-16,27,36H,13-14,32H2,1-4H3,(H,35,41)(H,39,40)(H,33,34,38). The molecular formula is C30H33FN6O6S. The molecule has 0 fully saturated rings. The van der Waals surface area contributed by atoms with E-state index >= 15 is 0 Å². The number of fused-ring (bicyclic) bond motifs is 1. The van der Waals surface area contributed by atoms with E-state index in [2.05, 4.69) is 20.6 Å². The first-order valence-electron chi connectivity index (χ1n) is 13.6. The Bertz CT molecular complexity index is 1910. The van der Waals surface area contributed by atoms with Crippen LogP contribution in [0.3, 0.4) is 0 Å². The van der Waals surface area contributed by atoms with E-state index in [0.717, 1.165) is 18.0 Å². The Morgan fingerprint density at radius 2 is 1.84 bits per heavy atom. The molecule has 12 nitrogen and oxygen atoms in total. The van der Waals surface area contributed by atoms with E-state index in [-0.39, 0.29) is 34.6 Å². The fourth-order valence-corrected chi connectivity index (χ4v) is 5.89. The summed E-state index contributed by atoms with van der Waals surface area (Å²) in [5.41, 5.74) is 7.77. The minimum Gasteiger partial charge on any atom is -0.479 e. The van der Waals surface area contributed by atoms with Crippen LogP contribution in [0.4, 0.5) is 20.6 Å². The molecule has 0 saturated carbocycles. The summed E-state index contributed by atoms with van der Waals surface area (Å²) < 4.78 is 40.0. The summed E-state index contributed by atoms with van der Waals surface area (Å²) in [4.78, 5) is 45.1. The van der Waals surface area contributed by atoms with Crippen LogP contribution in [0.2, 0.25) is 0 Å². The number of halogens is 1. The van der Waals surface area contributed by atoms with Crippen molar-refractivity contribution in [1.29, 1.82) is 0 Å². The van der Waals surface area contributed by atoms with Crippen LogP contribution in [0.1, 0.15) is 42.1 Å². The van der Waals surface area contributed by atoms with E-state index in [4.69, 9.17) is 5.73 Å². The molecule has 0 aliphatic heterocycles. The van der Waals surface area contributed by atoms with E-state index < -0.39 is 44.5 Å². The molecule has 0 radical (unpaired) electrons. The molecule has 0 saturated heterocycles. The third-order valence-electron chi connectivity index (χ3n) is 7.19. The number of aromatic nitrogens is 2. The maximum Gasteiger partial charge on any atom is 0.330 e. The zero-order chi connectivity index (χ0) is 32.3. The Morgan fingerprint density at radius 1 is 1.11 bits per heavy atom. The topological polar surface area (TPSA) is 188 Å². The molecule has 1 aromatic heterocycles. The minimum atomic E-state index is -3.55. The Balaban J connectivity index is 1.50. The summed E-state index contributed by atoms with van der Waals surface area (Å²) in [7, 11) is -1.98. The molecule has 14 heteroatoms. The molecule has 1 unspecified atom stereocenters. The maximum absolute atomic E-state index is 14.8. The fourth-order valence-electron chi connectivity index (χ4n) is 4.61. The van der Waals surface area contributed by atoms with Crippen LogP contribution in [-0.4, -0.2) is 52.7 Å². The molecule has 4 rings (SSSR count). The average Bonchev–Trinajstić information content (AvgIpc) is 2.96. The van der Waals surface area contributed by atoms with Gasteiger partial charge in [-0.2, -0.15) is 0 Å². The monoisotopic (exact) mass is 624 g/mol. The first kappa shape index (κ1) is 32.1. The second kappa shape index (κ2) is 12.8. The zero-order valence-electron chi connectivity index (χ0n) is 24.5. The maximum atomic E-state index is 14.8. The molecule has 44 heavy (non-hydrogen) atoms. The lowest BCUT2D eigenvalue weighted by molar-refractivity contribution is -0.138. The van der Waals surface area contributed by atoms with Crippen LogP contribution in [-0.2, 0) is 27.7 Å². The predicted octanol–water partition coefficient (Wildman–Crippen LogP) is 3.91. The Labute approximate surface area is 253 Å². The quantitative estimate of drug-likeness (QED) is 0.174. The summed E-state index contributed by atoms with van der Waals surface area (Å²) in [5, 5.41) is 14.8. The van der Waals surface area contributed by atoms with Gasteiger partial charge in [0.05, 0.1) is 33.1 Å². The lowest BCUT2D eigenvalue weighted by atomic mass is 9.99. The van der Waals surface area contributed by atoms with Gasteiger partial charge in [0, 0.05) is 31.9 Å². The van der Waals surface area contributed by atoms with Crippen LogP contribution in [0.25, 0.3) is 10.9 Å². The molecule has 4 aromatic rings. The highest BCUT2D eigenvalue weighted by molar-refractivity contribution is 7.92. The number of aliphatic carboxylic acids is 1. The molecule has 2 amide bonds. The molecule has 1 heterocycles. The molecule has 0 spiro atoms. The number of nitrogens with zero attached hydrogens (tertiary/aromatic N) is 2. The van der Waals surface area contributed by atoms with Crippen LogP contribution in [0.15, 0.2) is 64.5 Å². The predicted molar refractivity (Wildman–Crippen MR) is 165 cm³/mol. The van der Waals surface area contributed by atoms with Crippen molar-refractivity contribution in [3.05, 3.63) is 93.3 Å². The number of sulfone groups is 1. The van der Waals surface area contributed by atoms with Crippen LogP contribution < -0.4 is 21.9 Å².